The molecule has 0 aliphatic carbocycles. The van der Waals surface area contributed by atoms with Gasteiger partial charge in [-0.05, 0) is 46.8 Å². The zero-order chi connectivity index (χ0) is 16.9. The number of hydrogen-bond donors (Lipinski definition) is 2. The van der Waals surface area contributed by atoms with Crippen molar-refractivity contribution in [2.45, 2.75) is 0 Å². The van der Waals surface area contributed by atoms with Crippen molar-refractivity contribution in [1.82, 2.24) is 20.2 Å². The number of aromatic nitrogens is 4. The van der Waals surface area contributed by atoms with Gasteiger partial charge < -0.3 is 10.4 Å². The number of rotatable bonds is 5. The van der Waals surface area contributed by atoms with E-state index in [0.29, 0.717) is 17.2 Å². The van der Waals surface area contributed by atoms with Crippen LogP contribution in [-0.4, -0.2) is 31.3 Å². The number of halogens is 1. The fraction of sp³-hybridized carbons (Fsp3) is 0. The molecule has 7 nitrogen and oxygen atoms in total. The molecule has 1 heterocycles. The largest absolute Gasteiger partial charge is 0.478 e. The number of hydrogen-bond acceptors (Lipinski definition) is 5. The number of nitrogens with one attached hydrogen (secondary N) is 1. The maximum atomic E-state index is 13.0. The number of aromatic carboxylic acids is 1. The van der Waals surface area contributed by atoms with Gasteiger partial charge in [-0.25, -0.2) is 9.18 Å². The molecule has 0 unspecified atom stereocenters. The minimum Gasteiger partial charge on any atom is -0.478 e. The Morgan fingerprint density at radius 1 is 1.17 bits per heavy atom. The van der Waals surface area contributed by atoms with Gasteiger partial charge in [-0.1, -0.05) is 12.1 Å². The maximum Gasteiger partial charge on any atom is 0.337 e. The third-order valence-electron chi connectivity index (χ3n) is 3.19. The molecule has 0 spiro atoms. The summed E-state index contributed by atoms with van der Waals surface area (Å²) < 4.78 is 14.4. The van der Waals surface area contributed by atoms with Gasteiger partial charge in [0, 0.05) is 12.3 Å². The Morgan fingerprint density at radius 3 is 2.67 bits per heavy atom. The maximum absolute atomic E-state index is 13.0. The summed E-state index contributed by atoms with van der Waals surface area (Å²) in [7, 11) is 0. The summed E-state index contributed by atoms with van der Waals surface area (Å²) >= 11 is 0. The van der Waals surface area contributed by atoms with Gasteiger partial charge in [0.25, 0.3) is 0 Å². The summed E-state index contributed by atoms with van der Waals surface area (Å²) in [4.78, 5) is 11.1. The van der Waals surface area contributed by atoms with Crippen LogP contribution >= 0.6 is 0 Å². The van der Waals surface area contributed by atoms with Gasteiger partial charge in [-0.3, -0.25) is 0 Å². The molecule has 8 heteroatoms. The third kappa shape index (κ3) is 3.27. The Kier molecular flexibility index (Phi) is 4.28. The summed E-state index contributed by atoms with van der Waals surface area (Å²) in [5.41, 5.74) is 1.20. The highest BCUT2D eigenvalue weighted by molar-refractivity contribution is 5.94. The molecule has 0 saturated carbocycles. The Morgan fingerprint density at radius 2 is 1.92 bits per heavy atom. The molecule has 0 radical (unpaired) electrons. The van der Waals surface area contributed by atoms with Gasteiger partial charge in [0.2, 0.25) is 0 Å². The van der Waals surface area contributed by atoms with E-state index >= 15 is 0 Å². The molecular weight excluding hydrogens is 313 g/mol. The van der Waals surface area contributed by atoms with E-state index in [1.165, 1.54) is 29.1 Å². The minimum absolute atomic E-state index is 0.153. The molecule has 0 saturated heterocycles. The average molecular weight is 325 g/mol. The van der Waals surface area contributed by atoms with E-state index in [1.807, 2.05) is 0 Å². The predicted octanol–water partition coefficient (Wildman–Crippen LogP) is 2.58. The second kappa shape index (κ2) is 6.69. The van der Waals surface area contributed by atoms with E-state index in [2.05, 4.69) is 20.8 Å². The number of para-hydroxylation sites is 1. The highest BCUT2D eigenvalue weighted by Gasteiger charge is 2.08. The smallest absolute Gasteiger partial charge is 0.337 e. The lowest BCUT2D eigenvalue weighted by atomic mass is 10.2. The molecule has 0 bridgehead atoms. The highest BCUT2D eigenvalue weighted by atomic mass is 19.1. The van der Waals surface area contributed by atoms with Gasteiger partial charge in [0.15, 0.2) is 5.82 Å². The van der Waals surface area contributed by atoms with Crippen molar-refractivity contribution in [1.29, 1.82) is 0 Å². The molecule has 3 rings (SSSR count). The number of carboxylic acid groups (broad SMARTS) is 1. The SMILES string of the molecule is O=C(O)c1ccccc1N/C=C\c1nnnn1-c1ccc(F)cc1. The van der Waals surface area contributed by atoms with E-state index in [1.54, 1.807) is 36.4 Å². The number of carbonyl (C=O) groups is 1. The van der Waals surface area contributed by atoms with Crippen LogP contribution in [0.3, 0.4) is 0 Å². The molecule has 0 fully saturated rings. The van der Waals surface area contributed by atoms with Crippen LogP contribution in [0.25, 0.3) is 11.8 Å². The minimum atomic E-state index is -1.03. The molecule has 0 aliphatic heterocycles. The number of nitrogens with zero attached hydrogens (tertiary/aromatic N) is 4. The van der Waals surface area contributed by atoms with Gasteiger partial charge >= 0.3 is 5.97 Å². The highest BCUT2D eigenvalue weighted by Crippen LogP contribution is 2.15. The van der Waals surface area contributed by atoms with Crippen molar-refractivity contribution in [3.63, 3.8) is 0 Å². The Balaban J connectivity index is 1.81. The van der Waals surface area contributed by atoms with Gasteiger partial charge in [0.1, 0.15) is 5.82 Å². The lowest BCUT2D eigenvalue weighted by Crippen LogP contribution is -2.02. The molecule has 0 aliphatic rings. The number of benzene rings is 2. The van der Waals surface area contributed by atoms with Crippen LogP contribution in [0.2, 0.25) is 0 Å². The Labute approximate surface area is 136 Å². The summed E-state index contributed by atoms with van der Waals surface area (Å²) in [6.45, 7) is 0. The topological polar surface area (TPSA) is 92.9 Å². The number of anilines is 1. The molecule has 0 amide bonds. The first-order valence-corrected chi connectivity index (χ1v) is 6.95. The van der Waals surface area contributed by atoms with Crippen LogP contribution < -0.4 is 5.32 Å². The van der Waals surface area contributed by atoms with Crippen molar-refractivity contribution in [2.75, 3.05) is 5.32 Å². The third-order valence-corrected chi connectivity index (χ3v) is 3.19. The predicted molar refractivity (Wildman–Crippen MR) is 85.2 cm³/mol. The Bertz CT molecular complexity index is 889. The van der Waals surface area contributed by atoms with E-state index in [9.17, 15) is 9.18 Å². The average Bonchev–Trinajstić information content (AvgIpc) is 3.04. The fourth-order valence-corrected chi connectivity index (χ4v) is 2.07. The number of carboxylic acids is 1. The quantitative estimate of drug-likeness (QED) is 0.749. The standard InChI is InChI=1S/C16H12FN5O2/c17-11-5-7-12(8-6-11)22-15(19-20-21-22)9-10-18-14-4-2-1-3-13(14)16(23)24/h1-10,18H,(H,23,24)/b10-9-. The zero-order valence-corrected chi connectivity index (χ0v) is 12.3. The van der Waals surface area contributed by atoms with Gasteiger partial charge in [-0.15, -0.1) is 5.10 Å². The zero-order valence-electron chi connectivity index (χ0n) is 12.3. The van der Waals surface area contributed by atoms with Gasteiger partial charge in [0.05, 0.1) is 16.9 Å². The second-order valence-corrected chi connectivity index (χ2v) is 4.75. The summed E-state index contributed by atoms with van der Waals surface area (Å²) in [6, 6.07) is 12.3. The van der Waals surface area contributed by atoms with Crippen molar-refractivity contribution in [3.05, 3.63) is 71.9 Å². The fourth-order valence-electron chi connectivity index (χ4n) is 2.07. The molecule has 120 valence electrons. The van der Waals surface area contributed by atoms with Crippen LogP contribution in [0.5, 0.6) is 0 Å². The molecular formula is C16H12FN5O2. The van der Waals surface area contributed by atoms with Crippen molar-refractivity contribution >= 4 is 17.7 Å². The molecule has 3 aromatic rings. The normalized spacial score (nSPS) is 10.9. The molecule has 0 atom stereocenters. The van der Waals surface area contributed by atoms with Crippen LogP contribution in [0.1, 0.15) is 16.2 Å². The van der Waals surface area contributed by atoms with Crippen molar-refractivity contribution in [2.24, 2.45) is 0 Å². The summed E-state index contributed by atoms with van der Waals surface area (Å²) in [5, 5.41) is 23.3. The first kappa shape index (κ1) is 15.3. The first-order chi connectivity index (χ1) is 11.6. The lowest BCUT2D eigenvalue weighted by Gasteiger charge is -2.05. The van der Waals surface area contributed by atoms with Crippen molar-refractivity contribution in [3.8, 4) is 5.69 Å². The lowest BCUT2D eigenvalue weighted by molar-refractivity contribution is 0.0698. The number of tetrazole rings is 1. The summed E-state index contributed by atoms with van der Waals surface area (Å²) in [5.74, 6) is -0.972. The van der Waals surface area contributed by atoms with E-state index < -0.39 is 5.97 Å². The van der Waals surface area contributed by atoms with Crippen LogP contribution in [-0.2, 0) is 0 Å². The van der Waals surface area contributed by atoms with E-state index in [-0.39, 0.29) is 11.4 Å². The monoisotopic (exact) mass is 325 g/mol. The van der Waals surface area contributed by atoms with Crippen molar-refractivity contribution < 1.29 is 14.3 Å². The van der Waals surface area contributed by atoms with Crippen LogP contribution in [0.15, 0.2) is 54.7 Å². The first-order valence-electron chi connectivity index (χ1n) is 6.95. The molecule has 1 aromatic heterocycles. The molecule has 2 N–H and O–H groups in total. The second-order valence-electron chi connectivity index (χ2n) is 4.75. The van der Waals surface area contributed by atoms with Crippen LogP contribution in [0, 0.1) is 5.82 Å². The molecule has 2 aromatic carbocycles. The van der Waals surface area contributed by atoms with E-state index in [4.69, 9.17) is 5.11 Å². The molecule has 24 heavy (non-hydrogen) atoms. The van der Waals surface area contributed by atoms with E-state index in [0.717, 1.165) is 0 Å². The summed E-state index contributed by atoms with van der Waals surface area (Å²) in [6.07, 6.45) is 3.12. The van der Waals surface area contributed by atoms with Gasteiger partial charge in [-0.2, -0.15) is 4.68 Å². The Hall–Kier alpha value is -3.55. The van der Waals surface area contributed by atoms with Crippen LogP contribution in [0.4, 0.5) is 10.1 Å².